The normalized spacial score (nSPS) is 12.2. The van der Waals surface area contributed by atoms with Gasteiger partial charge in [0, 0.05) is 11.3 Å². The maximum absolute atomic E-state index is 12.5. The molecule has 1 heterocycles. The Labute approximate surface area is 195 Å². The molecule has 0 N–H and O–H groups in total. The number of rotatable bonds is 9. The predicted octanol–water partition coefficient (Wildman–Crippen LogP) is 3.67. The molecular weight excluding hydrogens is 468 g/mol. The lowest BCUT2D eigenvalue weighted by molar-refractivity contribution is -0.143. The second kappa shape index (κ2) is 10.9. The SMILES string of the molecule is CCOC(=O)Cn1c(=NC(=O)CCCS(=O)(=O)c2ccccc2)sc2cc(SC)ccc21. The highest BCUT2D eigenvalue weighted by atomic mass is 32.2. The Hall–Kier alpha value is -2.43. The fraction of sp³-hybridized carbons (Fsp3) is 0.318. The van der Waals surface area contributed by atoms with Gasteiger partial charge in [0.15, 0.2) is 14.6 Å². The fourth-order valence-corrected chi connectivity index (χ4v) is 6.01. The quantitative estimate of drug-likeness (QED) is 0.334. The van der Waals surface area contributed by atoms with Gasteiger partial charge in [0.05, 0.1) is 27.5 Å². The average Bonchev–Trinajstić information content (AvgIpc) is 3.10. The third kappa shape index (κ3) is 6.08. The van der Waals surface area contributed by atoms with Crippen LogP contribution in [-0.4, -0.2) is 43.5 Å². The molecule has 0 spiro atoms. The Balaban J connectivity index is 1.81. The van der Waals surface area contributed by atoms with Gasteiger partial charge < -0.3 is 9.30 Å². The lowest BCUT2D eigenvalue weighted by atomic mass is 10.3. The van der Waals surface area contributed by atoms with Crippen LogP contribution in [0.5, 0.6) is 0 Å². The van der Waals surface area contributed by atoms with Crippen molar-refractivity contribution in [1.82, 2.24) is 4.57 Å². The van der Waals surface area contributed by atoms with Crippen LogP contribution in [0, 0.1) is 0 Å². The van der Waals surface area contributed by atoms with Crippen LogP contribution in [0.3, 0.4) is 0 Å². The molecule has 0 radical (unpaired) electrons. The smallest absolute Gasteiger partial charge is 0.326 e. The number of ether oxygens (including phenoxy) is 1. The number of carbonyl (C=O) groups is 2. The minimum atomic E-state index is -3.45. The first-order chi connectivity index (χ1) is 15.3. The predicted molar refractivity (Wildman–Crippen MR) is 127 cm³/mol. The summed E-state index contributed by atoms with van der Waals surface area (Å²) in [6.45, 7) is 1.94. The number of nitrogens with zero attached hydrogens (tertiary/aromatic N) is 2. The average molecular weight is 493 g/mol. The third-order valence-electron chi connectivity index (χ3n) is 4.61. The molecular formula is C22H24N2O5S3. The Morgan fingerprint density at radius 1 is 1.16 bits per heavy atom. The van der Waals surface area contributed by atoms with Gasteiger partial charge in [0.25, 0.3) is 0 Å². The van der Waals surface area contributed by atoms with E-state index in [2.05, 4.69) is 4.99 Å². The van der Waals surface area contributed by atoms with Gasteiger partial charge in [0.2, 0.25) is 5.91 Å². The van der Waals surface area contributed by atoms with Gasteiger partial charge in [-0.3, -0.25) is 9.59 Å². The minimum Gasteiger partial charge on any atom is -0.465 e. The molecule has 0 saturated carbocycles. The van der Waals surface area contributed by atoms with E-state index in [1.54, 1.807) is 53.6 Å². The van der Waals surface area contributed by atoms with Crippen molar-refractivity contribution in [1.29, 1.82) is 0 Å². The standard InChI is InChI=1S/C22H24N2O5S3/c1-3-29-21(26)15-24-18-12-11-16(30-2)14-19(18)31-22(24)23-20(25)10-7-13-32(27,28)17-8-5-4-6-9-17/h4-6,8-9,11-12,14H,3,7,10,13,15H2,1-2H3. The number of hydrogen-bond donors (Lipinski definition) is 0. The molecule has 0 bridgehead atoms. The zero-order valence-electron chi connectivity index (χ0n) is 17.8. The van der Waals surface area contributed by atoms with E-state index in [4.69, 9.17) is 4.74 Å². The molecule has 0 fully saturated rings. The number of esters is 1. The molecule has 0 atom stereocenters. The van der Waals surface area contributed by atoms with Crippen LogP contribution in [0.15, 0.2) is 63.3 Å². The number of aromatic nitrogens is 1. The third-order valence-corrected chi connectivity index (χ3v) is 8.19. The summed E-state index contributed by atoms with van der Waals surface area (Å²) in [6.07, 6.45) is 2.13. The Morgan fingerprint density at radius 2 is 1.91 bits per heavy atom. The minimum absolute atomic E-state index is 0.00419. The maximum atomic E-state index is 12.5. The summed E-state index contributed by atoms with van der Waals surface area (Å²) >= 11 is 2.91. The van der Waals surface area contributed by atoms with Crippen molar-refractivity contribution in [3.8, 4) is 0 Å². The van der Waals surface area contributed by atoms with Crippen molar-refractivity contribution in [2.75, 3.05) is 18.6 Å². The van der Waals surface area contributed by atoms with Gasteiger partial charge in [-0.15, -0.1) is 11.8 Å². The van der Waals surface area contributed by atoms with Crippen molar-refractivity contribution in [3.63, 3.8) is 0 Å². The van der Waals surface area contributed by atoms with E-state index >= 15 is 0 Å². The molecule has 0 aliphatic rings. The molecule has 3 rings (SSSR count). The van der Waals surface area contributed by atoms with Crippen molar-refractivity contribution in [2.24, 2.45) is 4.99 Å². The van der Waals surface area contributed by atoms with Crippen LogP contribution < -0.4 is 4.80 Å². The van der Waals surface area contributed by atoms with Gasteiger partial charge in [-0.25, -0.2) is 8.42 Å². The number of thioether (sulfide) groups is 1. The lowest BCUT2D eigenvalue weighted by Crippen LogP contribution is -2.23. The highest BCUT2D eigenvalue weighted by Crippen LogP contribution is 2.24. The summed E-state index contributed by atoms with van der Waals surface area (Å²) in [5.41, 5.74) is 0.791. The number of hydrogen-bond acceptors (Lipinski definition) is 7. The Kier molecular flexibility index (Phi) is 8.27. The fourth-order valence-electron chi connectivity index (χ4n) is 3.08. The van der Waals surface area contributed by atoms with Crippen LogP contribution in [0.1, 0.15) is 19.8 Å². The van der Waals surface area contributed by atoms with E-state index in [-0.39, 0.29) is 36.6 Å². The van der Waals surface area contributed by atoms with Gasteiger partial charge >= 0.3 is 5.97 Å². The maximum Gasteiger partial charge on any atom is 0.326 e. The summed E-state index contributed by atoms with van der Waals surface area (Å²) in [7, 11) is -3.45. The van der Waals surface area contributed by atoms with Crippen molar-refractivity contribution < 1.29 is 22.7 Å². The lowest BCUT2D eigenvalue weighted by Gasteiger charge is -2.05. The summed E-state index contributed by atoms with van der Waals surface area (Å²) in [4.78, 5) is 30.5. The molecule has 2 aromatic carbocycles. The first-order valence-electron chi connectivity index (χ1n) is 10.0. The van der Waals surface area contributed by atoms with E-state index in [0.717, 1.165) is 15.1 Å². The molecule has 0 saturated heterocycles. The van der Waals surface area contributed by atoms with E-state index in [9.17, 15) is 18.0 Å². The van der Waals surface area contributed by atoms with Gasteiger partial charge in [-0.05, 0) is 49.9 Å². The van der Waals surface area contributed by atoms with Crippen LogP contribution in [-0.2, 0) is 30.7 Å². The Bertz CT molecular complexity index is 1280. The van der Waals surface area contributed by atoms with Crippen molar-refractivity contribution >= 4 is 55.0 Å². The number of amides is 1. The van der Waals surface area contributed by atoms with Gasteiger partial charge in [-0.1, -0.05) is 29.5 Å². The van der Waals surface area contributed by atoms with Crippen molar-refractivity contribution in [3.05, 3.63) is 53.3 Å². The Morgan fingerprint density at radius 3 is 2.59 bits per heavy atom. The number of sulfone groups is 1. The van der Waals surface area contributed by atoms with E-state index < -0.39 is 21.7 Å². The van der Waals surface area contributed by atoms with E-state index in [1.807, 2.05) is 24.5 Å². The summed E-state index contributed by atoms with van der Waals surface area (Å²) in [5, 5.41) is 0. The zero-order valence-corrected chi connectivity index (χ0v) is 20.3. The monoisotopic (exact) mass is 492 g/mol. The van der Waals surface area contributed by atoms with Crippen LogP contribution >= 0.6 is 23.1 Å². The van der Waals surface area contributed by atoms with E-state index in [1.165, 1.54) is 11.3 Å². The number of carbonyl (C=O) groups excluding carboxylic acids is 2. The molecule has 32 heavy (non-hydrogen) atoms. The van der Waals surface area contributed by atoms with Crippen LogP contribution in [0.2, 0.25) is 0 Å². The number of thiazole rings is 1. The first-order valence-corrected chi connectivity index (χ1v) is 13.7. The summed E-state index contributed by atoms with van der Waals surface area (Å²) in [5.74, 6) is -0.976. The molecule has 0 unspecified atom stereocenters. The van der Waals surface area contributed by atoms with Crippen LogP contribution in [0.4, 0.5) is 0 Å². The summed E-state index contributed by atoms with van der Waals surface area (Å²) < 4.78 is 32.4. The first kappa shape index (κ1) is 24.2. The van der Waals surface area contributed by atoms with Crippen LogP contribution in [0.25, 0.3) is 10.2 Å². The molecule has 170 valence electrons. The molecule has 1 amide bonds. The van der Waals surface area contributed by atoms with Gasteiger partial charge in [0.1, 0.15) is 6.54 Å². The molecule has 3 aromatic rings. The van der Waals surface area contributed by atoms with Gasteiger partial charge in [-0.2, -0.15) is 4.99 Å². The second-order valence-electron chi connectivity index (χ2n) is 6.85. The van der Waals surface area contributed by atoms with Crippen molar-refractivity contribution in [2.45, 2.75) is 36.1 Å². The highest BCUT2D eigenvalue weighted by Gasteiger charge is 2.16. The highest BCUT2D eigenvalue weighted by molar-refractivity contribution is 7.98. The number of benzene rings is 2. The molecule has 0 aliphatic carbocycles. The largest absolute Gasteiger partial charge is 0.465 e. The summed E-state index contributed by atoms with van der Waals surface area (Å²) in [6, 6.07) is 14.0. The molecule has 0 aliphatic heterocycles. The van der Waals surface area contributed by atoms with E-state index in [0.29, 0.717) is 4.80 Å². The second-order valence-corrected chi connectivity index (χ2v) is 10.8. The molecule has 1 aromatic heterocycles. The molecule has 7 nitrogen and oxygen atoms in total. The zero-order chi connectivity index (χ0) is 23.1. The molecule has 10 heteroatoms. The topological polar surface area (TPSA) is 94.8 Å². The number of fused-ring (bicyclic) bond motifs is 1.